The molecule has 6 atom stereocenters. The van der Waals surface area contributed by atoms with Gasteiger partial charge in [0, 0.05) is 100 Å². The molecule has 5 N–H and O–H groups in total. The van der Waals surface area contributed by atoms with Gasteiger partial charge in [-0.05, 0) is 91.9 Å². The first-order chi connectivity index (χ1) is 36.2. The molecule has 1 unspecified atom stereocenters. The van der Waals surface area contributed by atoms with Crippen molar-refractivity contribution in [3.8, 4) is 28.8 Å². The van der Waals surface area contributed by atoms with Crippen molar-refractivity contribution in [2.45, 2.75) is 139 Å². The quantitative estimate of drug-likeness (QED) is 0.0720. The maximum absolute atomic E-state index is 14.5. The number of hydrogen-bond donors (Lipinski definition) is 4. The van der Waals surface area contributed by atoms with Gasteiger partial charge in [-0.3, -0.25) is 14.5 Å². The Balaban J connectivity index is 0.600. The number of alkyl halides is 1. The lowest BCUT2D eigenvalue weighted by atomic mass is 9.91. The zero-order chi connectivity index (χ0) is 52.0. The van der Waals surface area contributed by atoms with E-state index in [0.29, 0.717) is 66.2 Å². The van der Waals surface area contributed by atoms with E-state index in [1.54, 1.807) is 30.3 Å². The number of rotatable bonds is 18. The molecule has 2 aromatic carbocycles. The number of benzene rings is 2. The molecular weight excluding hydrogens is 960 g/mol. The number of para-hydroxylation sites is 1. The predicted molar refractivity (Wildman–Crippen MR) is 278 cm³/mol. The van der Waals surface area contributed by atoms with Crippen LogP contribution in [0.15, 0.2) is 83.5 Å². The zero-order valence-corrected chi connectivity index (χ0v) is 43.0. The molecule has 0 radical (unpaired) electrons. The van der Waals surface area contributed by atoms with Crippen molar-refractivity contribution >= 4 is 29.0 Å². The summed E-state index contributed by atoms with van der Waals surface area (Å²) in [6, 6.07) is 21.4. The molecule has 11 rings (SSSR count). The number of halogens is 1. The third kappa shape index (κ3) is 10.9. The van der Waals surface area contributed by atoms with E-state index >= 15 is 0 Å². The SMILES string of the molecule is CC(C)[C@@H](C(=O)N1C[C@H](O)C[C@H]1C(=O)N[C@@H](C)c1ccc(C2(F)CC2)cc1)c1cc(OCCN2CCC(OC3CC(Oc4cc(N5C6CC[C@@H]5CN(c5cc(-c7ccccc7O)nnc5N)C6)ccn4)C3)CC2)no1. The summed E-state index contributed by atoms with van der Waals surface area (Å²) >= 11 is 0. The van der Waals surface area contributed by atoms with E-state index in [4.69, 9.17) is 24.5 Å². The number of aromatic hydroxyl groups is 1. The summed E-state index contributed by atoms with van der Waals surface area (Å²) in [7, 11) is 0. The largest absolute Gasteiger partial charge is 0.507 e. The lowest BCUT2D eigenvalue weighted by molar-refractivity contribution is -0.141. The molecule has 6 aliphatic rings. The summed E-state index contributed by atoms with van der Waals surface area (Å²) < 4.78 is 39.2. The number of aromatic nitrogens is 4. The molecular formula is C56H69FN10O8. The average molecular weight is 1030 g/mol. The third-order valence-electron chi connectivity index (χ3n) is 16.3. The zero-order valence-electron chi connectivity index (χ0n) is 43.0. The van der Waals surface area contributed by atoms with Crippen molar-refractivity contribution in [2.24, 2.45) is 5.92 Å². The number of ether oxygens (including phenoxy) is 3. The number of phenols is 1. The van der Waals surface area contributed by atoms with Gasteiger partial charge in [0.05, 0.1) is 35.7 Å². The fourth-order valence-corrected chi connectivity index (χ4v) is 11.9. The molecule has 5 aromatic rings. The lowest BCUT2D eigenvalue weighted by Crippen LogP contribution is -2.54. The molecule has 6 fully saturated rings. The van der Waals surface area contributed by atoms with Crippen LogP contribution in [-0.4, -0.2) is 141 Å². The number of β-amino-alcohol motifs (C(OH)–C–C–N with tert-alkyl or cyclic N) is 1. The summed E-state index contributed by atoms with van der Waals surface area (Å²) in [4.78, 5) is 41.0. The van der Waals surface area contributed by atoms with Crippen LogP contribution >= 0.6 is 0 Å². The van der Waals surface area contributed by atoms with Gasteiger partial charge in [0.2, 0.25) is 17.7 Å². The summed E-state index contributed by atoms with van der Waals surface area (Å²) in [5.74, 6) is 0.192. The van der Waals surface area contributed by atoms with Crippen LogP contribution in [0.5, 0.6) is 17.5 Å². The van der Waals surface area contributed by atoms with Gasteiger partial charge in [-0.15, -0.1) is 10.2 Å². The van der Waals surface area contributed by atoms with E-state index in [2.05, 4.69) is 52.5 Å². The highest BCUT2D eigenvalue weighted by atomic mass is 19.1. The Hall–Kier alpha value is -6.57. The smallest absolute Gasteiger partial charge is 0.254 e. The number of nitrogens with two attached hydrogens (primary N) is 1. The van der Waals surface area contributed by atoms with Crippen LogP contribution in [0.2, 0.25) is 0 Å². The van der Waals surface area contributed by atoms with Crippen LogP contribution in [0.25, 0.3) is 11.3 Å². The van der Waals surface area contributed by atoms with Gasteiger partial charge in [-0.25, -0.2) is 9.37 Å². The fraction of sp³-hybridized carbons (Fsp3) is 0.536. The number of phenolic OH excluding ortho intramolecular Hbond substituents is 1. The number of piperazine rings is 1. The number of aliphatic hydroxyl groups is 1. The number of carbonyl (C=O) groups is 2. The summed E-state index contributed by atoms with van der Waals surface area (Å²) in [6.45, 7) is 10.1. The van der Waals surface area contributed by atoms with Gasteiger partial charge < -0.3 is 54.7 Å². The third-order valence-corrected chi connectivity index (χ3v) is 16.3. The minimum atomic E-state index is -1.23. The predicted octanol–water partition coefficient (Wildman–Crippen LogP) is 6.68. The number of amides is 2. The van der Waals surface area contributed by atoms with Crippen molar-refractivity contribution in [1.29, 1.82) is 0 Å². The molecule has 4 saturated heterocycles. The maximum atomic E-state index is 14.5. The summed E-state index contributed by atoms with van der Waals surface area (Å²) in [6.07, 6.45) is 8.19. The molecule has 0 spiro atoms. The summed E-state index contributed by atoms with van der Waals surface area (Å²) in [5.41, 5.74) is 9.79. The van der Waals surface area contributed by atoms with Gasteiger partial charge >= 0.3 is 0 Å². The normalized spacial score (nSPS) is 25.2. The minimum absolute atomic E-state index is 0.0294. The fourth-order valence-electron chi connectivity index (χ4n) is 11.9. The van der Waals surface area contributed by atoms with Crippen LogP contribution in [0.1, 0.15) is 107 Å². The highest BCUT2D eigenvalue weighted by Crippen LogP contribution is 2.49. The number of nitrogen functional groups attached to an aromatic ring is 1. The van der Waals surface area contributed by atoms with Crippen molar-refractivity contribution in [3.05, 3.63) is 95.9 Å². The van der Waals surface area contributed by atoms with E-state index in [-0.39, 0.29) is 72.9 Å². The van der Waals surface area contributed by atoms with E-state index in [1.165, 1.54) is 4.90 Å². The number of piperidine rings is 1. The molecule has 75 heavy (non-hydrogen) atoms. The van der Waals surface area contributed by atoms with Gasteiger partial charge in [0.1, 0.15) is 36.1 Å². The Labute approximate surface area is 436 Å². The van der Waals surface area contributed by atoms with Crippen molar-refractivity contribution in [2.75, 3.05) is 61.4 Å². The summed E-state index contributed by atoms with van der Waals surface area (Å²) in [5, 5.41) is 36.8. The molecule has 4 aliphatic heterocycles. The van der Waals surface area contributed by atoms with Crippen molar-refractivity contribution < 1.29 is 42.9 Å². The van der Waals surface area contributed by atoms with Crippen LogP contribution in [0.4, 0.5) is 21.6 Å². The van der Waals surface area contributed by atoms with Crippen molar-refractivity contribution in [3.63, 3.8) is 0 Å². The van der Waals surface area contributed by atoms with Crippen molar-refractivity contribution in [1.82, 2.24) is 35.5 Å². The molecule has 398 valence electrons. The van der Waals surface area contributed by atoms with Gasteiger partial charge in [0.25, 0.3) is 5.88 Å². The lowest BCUT2D eigenvalue weighted by Gasteiger charge is -2.43. The maximum Gasteiger partial charge on any atom is 0.254 e. The molecule has 19 heteroatoms. The van der Waals surface area contributed by atoms with Crippen LogP contribution < -0.4 is 30.3 Å². The Morgan fingerprint density at radius 1 is 0.893 bits per heavy atom. The highest BCUT2D eigenvalue weighted by Gasteiger charge is 2.46. The molecule has 2 amide bonds. The van der Waals surface area contributed by atoms with E-state index in [9.17, 15) is 24.2 Å². The number of nitrogens with zero attached hydrogens (tertiary/aromatic N) is 8. The molecule has 7 heterocycles. The van der Waals surface area contributed by atoms with Crippen LogP contribution in [0.3, 0.4) is 0 Å². The Morgan fingerprint density at radius 3 is 2.36 bits per heavy atom. The van der Waals surface area contributed by atoms with E-state index < -0.39 is 23.7 Å². The minimum Gasteiger partial charge on any atom is -0.507 e. The van der Waals surface area contributed by atoms with Gasteiger partial charge in [-0.2, -0.15) is 0 Å². The topological polar surface area (TPSA) is 218 Å². The number of likely N-dealkylation sites (tertiary alicyclic amines) is 2. The average Bonchev–Trinajstić information content (AvgIpc) is 3.64. The first-order valence-electron chi connectivity index (χ1n) is 26.9. The first-order valence-corrected chi connectivity index (χ1v) is 26.9. The number of fused-ring (bicyclic) bond motifs is 2. The first kappa shape index (κ1) is 50.6. The van der Waals surface area contributed by atoms with E-state index in [1.807, 2.05) is 57.3 Å². The Morgan fingerprint density at radius 2 is 1.64 bits per heavy atom. The second-order valence-corrected chi connectivity index (χ2v) is 21.9. The van der Waals surface area contributed by atoms with Gasteiger partial charge in [-0.1, -0.05) is 50.2 Å². The van der Waals surface area contributed by atoms with Gasteiger partial charge in [0.15, 0.2) is 11.6 Å². The molecule has 3 aromatic heterocycles. The second kappa shape index (κ2) is 21.2. The highest BCUT2D eigenvalue weighted by molar-refractivity contribution is 5.91. The standard InChI is InChI=1S/C56H69FN10O8/c1-33(2)52(55(71)66-32-40(68)25-47(66)54(70)60-34(3)35-8-10-36(11-9-35)56(57)17-18-56)49-29-51(63-75-49)72-23-22-64-20-15-41(16-21-64)73-42-26-43(27-42)74-50-24-37(14-19-59-50)67-38-12-13-39(67)31-65(30-38)46-28-45(61-62-53(46)58)44-6-4-5-7-48(44)69/h4-11,14,19,24,28-29,33-34,38-43,47,52,68-69H,12-13,15-18,20-23,25-27,30-32H2,1-3H3,(H2,58,62)(H,60,70)/t34-,38+,39?,40+,42?,43?,47-,52+/m0/s1. The van der Waals surface area contributed by atoms with Crippen LogP contribution in [-0.2, 0) is 20.0 Å². The number of carbonyl (C=O) groups excluding carboxylic acids is 2. The second-order valence-electron chi connectivity index (χ2n) is 21.9. The molecule has 2 saturated carbocycles. The number of nitrogens with one attached hydrogen (secondary N) is 1. The molecule has 18 nitrogen and oxygen atoms in total. The Kier molecular flexibility index (Phi) is 14.3. The molecule has 2 bridgehead atoms. The number of pyridine rings is 1. The van der Waals surface area contributed by atoms with Crippen LogP contribution in [0, 0.1) is 5.92 Å². The number of anilines is 3. The number of aliphatic hydroxyl groups excluding tert-OH is 1. The molecule has 2 aliphatic carbocycles. The Bertz CT molecular complexity index is 2800. The van der Waals surface area contributed by atoms with E-state index in [0.717, 1.165) is 81.6 Å². The monoisotopic (exact) mass is 1030 g/mol. The number of hydrogen-bond acceptors (Lipinski definition) is 16.